The molecule has 0 fully saturated rings. The van der Waals surface area contributed by atoms with Gasteiger partial charge in [0.1, 0.15) is 5.75 Å². The molecular weight excluding hydrogens is 214 g/mol. The van der Waals surface area contributed by atoms with Crippen LogP contribution in [0.15, 0.2) is 24.3 Å². The van der Waals surface area contributed by atoms with Crippen LogP contribution in [0.3, 0.4) is 0 Å². The topological polar surface area (TPSA) is 38.3 Å². The molecule has 0 amide bonds. The van der Waals surface area contributed by atoms with Crippen LogP contribution in [0.2, 0.25) is 0 Å². The summed E-state index contributed by atoms with van der Waals surface area (Å²) < 4.78 is 5.15. The van der Waals surface area contributed by atoms with Gasteiger partial charge in [-0.3, -0.25) is 4.79 Å². The molecule has 0 radical (unpaired) electrons. The van der Waals surface area contributed by atoms with Gasteiger partial charge in [-0.2, -0.15) is 0 Å². The first kappa shape index (κ1) is 13.6. The molecule has 1 aromatic carbocycles. The van der Waals surface area contributed by atoms with E-state index in [1.807, 2.05) is 18.2 Å². The maximum atomic E-state index is 11.2. The summed E-state index contributed by atoms with van der Waals surface area (Å²) in [5.41, 5.74) is 0.993. The highest BCUT2D eigenvalue weighted by Crippen LogP contribution is 2.18. The number of esters is 1. The lowest BCUT2D eigenvalue weighted by atomic mass is 10.1. The second-order valence-electron chi connectivity index (χ2n) is 4.46. The third-order valence-electron chi connectivity index (χ3n) is 2.41. The van der Waals surface area contributed by atoms with Crippen molar-refractivity contribution in [3.63, 3.8) is 0 Å². The summed E-state index contributed by atoms with van der Waals surface area (Å²) in [4.78, 5) is 11.2. The van der Waals surface area contributed by atoms with E-state index in [0.717, 1.165) is 18.7 Å². The van der Waals surface area contributed by atoms with Crippen molar-refractivity contribution in [2.45, 2.75) is 33.6 Å². The molecule has 0 aliphatic heterocycles. The van der Waals surface area contributed by atoms with Gasteiger partial charge in [0.05, 0.1) is 0 Å². The summed E-state index contributed by atoms with van der Waals surface area (Å²) >= 11 is 0. The number of anilines is 1. The minimum Gasteiger partial charge on any atom is -0.426 e. The van der Waals surface area contributed by atoms with Gasteiger partial charge in [0, 0.05) is 24.7 Å². The van der Waals surface area contributed by atoms with Gasteiger partial charge in [0.2, 0.25) is 0 Å². The van der Waals surface area contributed by atoms with Gasteiger partial charge in [-0.25, -0.2) is 0 Å². The number of hydrogen-bond donors (Lipinski definition) is 1. The molecule has 0 saturated carbocycles. The van der Waals surface area contributed by atoms with Crippen molar-refractivity contribution >= 4 is 11.7 Å². The molecule has 1 aromatic rings. The van der Waals surface area contributed by atoms with Crippen LogP contribution < -0.4 is 10.1 Å². The van der Waals surface area contributed by atoms with Gasteiger partial charge in [-0.1, -0.05) is 26.8 Å². The number of ether oxygens (including phenoxy) is 1. The normalized spacial score (nSPS) is 10.4. The highest BCUT2D eigenvalue weighted by atomic mass is 16.5. The van der Waals surface area contributed by atoms with Gasteiger partial charge < -0.3 is 10.1 Å². The Balaban J connectivity index is 2.50. The van der Waals surface area contributed by atoms with Crippen molar-refractivity contribution in [1.82, 2.24) is 0 Å². The fraction of sp³-hybridized carbons (Fsp3) is 0.500. The van der Waals surface area contributed by atoms with Gasteiger partial charge in [-0.05, 0) is 24.5 Å². The molecule has 0 unspecified atom stereocenters. The number of hydrogen-bond acceptors (Lipinski definition) is 3. The lowest BCUT2D eigenvalue weighted by Gasteiger charge is -2.09. The standard InChI is InChI=1S/C14H21NO2/c1-4-14(16)17-13-7-5-6-12(10-13)15-9-8-11(2)3/h5-7,10-11,15H,4,8-9H2,1-3H3. The fourth-order valence-electron chi connectivity index (χ4n) is 1.38. The molecule has 0 aliphatic rings. The molecule has 17 heavy (non-hydrogen) atoms. The van der Waals surface area contributed by atoms with E-state index in [1.165, 1.54) is 0 Å². The summed E-state index contributed by atoms with van der Waals surface area (Å²) in [5.74, 6) is 1.08. The molecule has 1 rings (SSSR count). The second kappa shape index (κ2) is 6.94. The Labute approximate surface area is 103 Å². The van der Waals surface area contributed by atoms with Gasteiger partial charge in [-0.15, -0.1) is 0 Å². The Bertz CT molecular complexity index is 361. The third kappa shape index (κ3) is 5.38. The molecule has 3 nitrogen and oxygen atoms in total. The first-order valence-electron chi connectivity index (χ1n) is 6.16. The smallest absolute Gasteiger partial charge is 0.310 e. The van der Waals surface area contributed by atoms with E-state index in [9.17, 15) is 4.79 Å². The molecule has 0 spiro atoms. The van der Waals surface area contributed by atoms with Crippen LogP contribution in [0.1, 0.15) is 33.6 Å². The largest absolute Gasteiger partial charge is 0.426 e. The van der Waals surface area contributed by atoms with E-state index in [4.69, 9.17) is 4.74 Å². The van der Waals surface area contributed by atoms with E-state index in [-0.39, 0.29) is 5.97 Å². The Kier molecular flexibility index (Phi) is 5.53. The average Bonchev–Trinajstić information content (AvgIpc) is 2.29. The van der Waals surface area contributed by atoms with Crippen molar-refractivity contribution in [2.75, 3.05) is 11.9 Å². The monoisotopic (exact) mass is 235 g/mol. The van der Waals surface area contributed by atoms with Crippen molar-refractivity contribution in [3.05, 3.63) is 24.3 Å². The van der Waals surface area contributed by atoms with Gasteiger partial charge >= 0.3 is 5.97 Å². The molecule has 0 atom stereocenters. The van der Waals surface area contributed by atoms with E-state index in [2.05, 4.69) is 19.2 Å². The molecule has 94 valence electrons. The van der Waals surface area contributed by atoms with Crippen molar-refractivity contribution < 1.29 is 9.53 Å². The van der Waals surface area contributed by atoms with Crippen LogP contribution in [0, 0.1) is 5.92 Å². The van der Waals surface area contributed by atoms with Crippen LogP contribution in [0.4, 0.5) is 5.69 Å². The van der Waals surface area contributed by atoms with Gasteiger partial charge in [0.25, 0.3) is 0 Å². The van der Waals surface area contributed by atoms with Crippen LogP contribution >= 0.6 is 0 Å². The number of benzene rings is 1. The predicted molar refractivity (Wildman–Crippen MR) is 70.3 cm³/mol. The quantitative estimate of drug-likeness (QED) is 0.606. The first-order chi connectivity index (χ1) is 8.11. The van der Waals surface area contributed by atoms with Crippen molar-refractivity contribution in [2.24, 2.45) is 5.92 Å². The van der Waals surface area contributed by atoms with Crippen LogP contribution in [-0.4, -0.2) is 12.5 Å². The molecule has 3 heteroatoms. The molecule has 0 saturated heterocycles. The summed E-state index contributed by atoms with van der Waals surface area (Å²) in [7, 11) is 0. The highest BCUT2D eigenvalue weighted by molar-refractivity contribution is 5.72. The van der Waals surface area contributed by atoms with Crippen LogP contribution in [-0.2, 0) is 4.79 Å². The Morgan fingerprint density at radius 2 is 2.18 bits per heavy atom. The Morgan fingerprint density at radius 3 is 2.82 bits per heavy atom. The SMILES string of the molecule is CCC(=O)Oc1cccc(NCCC(C)C)c1. The lowest BCUT2D eigenvalue weighted by molar-refractivity contribution is -0.134. The maximum absolute atomic E-state index is 11.2. The van der Waals surface area contributed by atoms with E-state index in [0.29, 0.717) is 18.1 Å². The zero-order valence-corrected chi connectivity index (χ0v) is 10.8. The van der Waals surface area contributed by atoms with E-state index in [1.54, 1.807) is 13.0 Å². The number of rotatable bonds is 6. The average molecular weight is 235 g/mol. The van der Waals surface area contributed by atoms with Crippen LogP contribution in [0.5, 0.6) is 5.75 Å². The lowest BCUT2D eigenvalue weighted by Crippen LogP contribution is -2.07. The second-order valence-corrected chi connectivity index (χ2v) is 4.46. The Hall–Kier alpha value is -1.51. The van der Waals surface area contributed by atoms with Crippen molar-refractivity contribution in [1.29, 1.82) is 0 Å². The van der Waals surface area contributed by atoms with Gasteiger partial charge in [0.15, 0.2) is 0 Å². The highest BCUT2D eigenvalue weighted by Gasteiger charge is 2.02. The van der Waals surface area contributed by atoms with Crippen molar-refractivity contribution in [3.8, 4) is 5.75 Å². The zero-order chi connectivity index (χ0) is 12.7. The third-order valence-corrected chi connectivity index (χ3v) is 2.41. The Morgan fingerprint density at radius 1 is 1.41 bits per heavy atom. The fourth-order valence-corrected chi connectivity index (χ4v) is 1.38. The molecule has 1 N–H and O–H groups in total. The molecule has 0 heterocycles. The summed E-state index contributed by atoms with van der Waals surface area (Å²) in [5, 5.41) is 3.32. The minimum absolute atomic E-state index is 0.204. The van der Waals surface area contributed by atoms with Crippen LogP contribution in [0.25, 0.3) is 0 Å². The van der Waals surface area contributed by atoms with E-state index < -0.39 is 0 Å². The maximum Gasteiger partial charge on any atom is 0.310 e. The molecular formula is C14H21NO2. The number of carbonyl (C=O) groups excluding carboxylic acids is 1. The molecule has 0 bridgehead atoms. The zero-order valence-electron chi connectivity index (χ0n) is 10.8. The predicted octanol–water partition coefficient (Wildman–Crippen LogP) is 3.46. The number of carbonyl (C=O) groups is 1. The molecule has 0 aliphatic carbocycles. The summed E-state index contributed by atoms with van der Waals surface area (Å²) in [6.45, 7) is 7.11. The molecule has 0 aromatic heterocycles. The van der Waals surface area contributed by atoms with E-state index >= 15 is 0 Å². The number of nitrogens with one attached hydrogen (secondary N) is 1. The summed E-state index contributed by atoms with van der Waals surface area (Å²) in [6.07, 6.45) is 1.52. The minimum atomic E-state index is -0.204. The summed E-state index contributed by atoms with van der Waals surface area (Å²) in [6, 6.07) is 7.51. The first-order valence-corrected chi connectivity index (χ1v) is 6.16.